The molecule has 3 aromatic carbocycles. The van der Waals surface area contributed by atoms with Crippen molar-refractivity contribution in [3.05, 3.63) is 112 Å². The molecule has 1 fully saturated rings. The number of benzene rings is 3. The van der Waals surface area contributed by atoms with E-state index in [1.807, 2.05) is 69.3 Å². The van der Waals surface area contributed by atoms with Crippen LogP contribution in [0.5, 0.6) is 0 Å². The van der Waals surface area contributed by atoms with E-state index in [0.29, 0.717) is 11.4 Å². The van der Waals surface area contributed by atoms with Gasteiger partial charge in [0.15, 0.2) is 6.23 Å². The summed E-state index contributed by atoms with van der Waals surface area (Å²) in [5.74, 6) is -0.0779. The Hall–Kier alpha value is -2.87. The van der Waals surface area contributed by atoms with Gasteiger partial charge in [-0.05, 0) is 117 Å². The molecule has 0 aliphatic heterocycles. The Labute approximate surface area is 308 Å². The molecule has 1 saturated carbocycles. The molecule has 262 valence electrons. The van der Waals surface area contributed by atoms with Crippen molar-refractivity contribution in [1.29, 1.82) is 0 Å². The van der Waals surface area contributed by atoms with Gasteiger partial charge in [0.05, 0.1) is 23.2 Å². The summed E-state index contributed by atoms with van der Waals surface area (Å²) in [6.45, 7) is 11.4. The molecule has 1 heterocycles. The summed E-state index contributed by atoms with van der Waals surface area (Å²) >= 11 is 11.5. The van der Waals surface area contributed by atoms with Gasteiger partial charge in [0.25, 0.3) is 0 Å². The first-order chi connectivity index (χ1) is 22.9. The molecule has 1 N–H and O–H groups in total. The van der Waals surface area contributed by atoms with E-state index in [4.69, 9.17) is 34.0 Å². The number of hydrogen-bond donors (Lipinski definition) is 2. The lowest BCUT2D eigenvalue weighted by atomic mass is 9.79. The number of pyridine rings is 1. The topological polar surface area (TPSA) is 62.7 Å². The predicted octanol–water partition coefficient (Wildman–Crippen LogP) is 10.1. The lowest BCUT2D eigenvalue weighted by Gasteiger charge is -2.32. The number of carbonyl (C=O) groups excluding carboxylic acids is 1. The fourth-order valence-corrected chi connectivity index (χ4v) is 7.76. The van der Waals surface area contributed by atoms with Crippen LogP contribution < -0.4 is 0 Å². The highest BCUT2D eigenvalue weighted by molar-refractivity contribution is 7.81. The summed E-state index contributed by atoms with van der Waals surface area (Å²) in [5.41, 5.74) is 4.89. The number of hydrogen-bond acceptors (Lipinski definition) is 6. The lowest BCUT2D eigenvalue weighted by molar-refractivity contribution is -0.158. The maximum Gasteiger partial charge on any atom is 0.307 e. The number of aromatic nitrogens is 1. The first-order valence-corrected chi connectivity index (χ1v) is 18.1. The van der Waals surface area contributed by atoms with Crippen LogP contribution in [-0.2, 0) is 21.6 Å². The summed E-state index contributed by atoms with van der Waals surface area (Å²) in [7, 11) is 0. The fourth-order valence-electron chi connectivity index (χ4n) is 6.92. The highest BCUT2D eigenvalue weighted by atomic mass is 35.5. The zero-order valence-corrected chi connectivity index (χ0v) is 31.7. The molecule has 1 aliphatic carbocycles. The molecular weight excluding hydrogens is 671 g/mol. The Bertz CT molecular complexity index is 1750. The second-order valence-corrected chi connectivity index (χ2v) is 14.7. The van der Waals surface area contributed by atoms with Crippen molar-refractivity contribution in [3.63, 3.8) is 0 Å². The number of fused-ring (bicyclic) bond motifs is 1. The maximum absolute atomic E-state index is 13.3. The standard InChI is InChI=1S/C41H49ClN2O3S.ClH/c1-6-44(7-2)28(3)47-38(45)27-41(23-24-41)39(48)35(22-18-30-12-8-9-14-36(30)40(4,5)46)32-13-10-11-29(25-32)15-20-34-21-17-31-16-19-33(42)26-37(31)43-34;/h8-17,19-21,25-26,28,35,39,46,48H,6-7,18,22-24,27H2,1-5H3;1H/b20-15+;/t28?,35-,39?;/m1./s1. The molecule has 0 saturated heterocycles. The molecule has 5 nitrogen and oxygen atoms in total. The van der Waals surface area contributed by atoms with Gasteiger partial charge in [0, 0.05) is 15.7 Å². The van der Waals surface area contributed by atoms with Crippen molar-refractivity contribution >= 4 is 65.7 Å². The van der Waals surface area contributed by atoms with Crippen molar-refractivity contribution in [2.45, 2.75) is 89.7 Å². The summed E-state index contributed by atoms with van der Waals surface area (Å²) in [5, 5.41) is 12.6. The second-order valence-electron chi connectivity index (χ2n) is 13.7. The zero-order valence-electron chi connectivity index (χ0n) is 29.2. The van der Waals surface area contributed by atoms with E-state index < -0.39 is 5.60 Å². The van der Waals surface area contributed by atoms with Crippen LogP contribution >= 0.6 is 36.6 Å². The Morgan fingerprint density at radius 2 is 1.76 bits per heavy atom. The van der Waals surface area contributed by atoms with E-state index in [2.05, 4.69) is 61.2 Å². The molecule has 3 atom stereocenters. The van der Waals surface area contributed by atoms with Crippen LogP contribution in [0.3, 0.4) is 0 Å². The molecule has 5 rings (SSSR count). The summed E-state index contributed by atoms with van der Waals surface area (Å²) in [6, 6.07) is 26.6. The van der Waals surface area contributed by atoms with Crippen molar-refractivity contribution in [2.75, 3.05) is 13.1 Å². The molecular formula is C41H50Cl2N2O3S. The number of carbonyl (C=O) groups is 1. The average molecular weight is 722 g/mol. The fraction of sp³-hybridized carbons (Fsp3) is 0.415. The third-order valence-corrected chi connectivity index (χ3v) is 11.0. The Morgan fingerprint density at radius 1 is 1.04 bits per heavy atom. The Balaban J connectivity index is 0.00000541. The van der Waals surface area contributed by atoms with Gasteiger partial charge < -0.3 is 9.84 Å². The first-order valence-electron chi connectivity index (χ1n) is 17.2. The molecule has 1 aromatic heterocycles. The third-order valence-electron chi connectivity index (χ3n) is 9.89. The molecule has 8 heteroatoms. The predicted molar refractivity (Wildman–Crippen MR) is 210 cm³/mol. The maximum atomic E-state index is 13.3. The van der Waals surface area contributed by atoms with Crippen molar-refractivity contribution in [2.24, 2.45) is 5.41 Å². The summed E-state index contributed by atoms with van der Waals surface area (Å²) in [6.07, 6.45) is 7.73. The van der Waals surface area contributed by atoms with Gasteiger partial charge in [0.2, 0.25) is 0 Å². The smallest absolute Gasteiger partial charge is 0.307 e. The summed E-state index contributed by atoms with van der Waals surface area (Å²) < 4.78 is 5.92. The van der Waals surface area contributed by atoms with Crippen LogP contribution in [0.1, 0.15) is 94.2 Å². The molecule has 49 heavy (non-hydrogen) atoms. The minimum atomic E-state index is -0.942. The van der Waals surface area contributed by atoms with E-state index in [1.54, 1.807) is 0 Å². The van der Waals surface area contributed by atoms with Crippen molar-refractivity contribution in [3.8, 4) is 0 Å². The number of halogens is 2. The monoisotopic (exact) mass is 720 g/mol. The van der Waals surface area contributed by atoms with E-state index in [9.17, 15) is 9.90 Å². The largest absolute Gasteiger partial charge is 0.447 e. The highest BCUT2D eigenvalue weighted by Gasteiger charge is 2.52. The highest BCUT2D eigenvalue weighted by Crippen LogP contribution is 2.58. The number of thiol groups is 1. The Kier molecular flexibility index (Phi) is 13.4. The van der Waals surface area contributed by atoms with Crippen LogP contribution in [-0.4, -0.2) is 45.5 Å². The zero-order chi connectivity index (χ0) is 34.5. The van der Waals surface area contributed by atoms with E-state index >= 15 is 0 Å². The molecule has 1 aliphatic rings. The normalized spacial score (nSPS) is 15.9. The second kappa shape index (κ2) is 16.9. The minimum Gasteiger partial charge on any atom is -0.447 e. The molecule has 2 unspecified atom stereocenters. The number of nitrogens with zero attached hydrogens (tertiary/aromatic N) is 2. The number of aryl methyl sites for hydroxylation is 1. The SMILES string of the molecule is CCN(CC)C(C)OC(=O)CC1(C(S)[C@H](CCc2ccccc2C(C)(C)O)c2cccc(/C=C/c3ccc4ccc(Cl)cc4n3)c2)CC1.Cl. The molecule has 0 radical (unpaired) electrons. The number of aliphatic hydroxyl groups is 1. The van der Waals surface area contributed by atoms with Crippen LogP contribution in [0, 0.1) is 5.41 Å². The summed E-state index contributed by atoms with van der Waals surface area (Å²) in [4.78, 5) is 20.2. The van der Waals surface area contributed by atoms with Crippen molar-refractivity contribution in [1.82, 2.24) is 9.88 Å². The van der Waals surface area contributed by atoms with Crippen LogP contribution in [0.15, 0.2) is 78.9 Å². The number of ether oxygens (including phenoxy) is 1. The van der Waals surface area contributed by atoms with E-state index in [-0.39, 0.29) is 41.2 Å². The van der Waals surface area contributed by atoms with Crippen LogP contribution in [0.25, 0.3) is 23.1 Å². The van der Waals surface area contributed by atoms with E-state index in [0.717, 1.165) is 72.1 Å². The third kappa shape index (κ3) is 9.89. The molecule has 0 spiro atoms. The first kappa shape index (κ1) is 38.9. The van der Waals surface area contributed by atoms with Crippen molar-refractivity contribution < 1.29 is 14.6 Å². The quantitative estimate of drug-likeness (QED) is 0.0727. The van der Waals surface area contributed by atoms with Gasteiger partial charge in [-0.15, -0.1) is 12.4 Å². The molecule has 0 bridgehead atoms. The van der Waals surface area contributed by atoms with E-state index in [1.165, 1.54) is 5.56 Å². The number of rotatable bonds is 15. The van der Waals surface area contributed by atoms with Gasteiger partial charge in [0.1, 0.15) is 0 Å². The van der Waals surface area contributed by atoms with Gasteiger partial charge in [-0.1, -0.05) is 92.2 Å². The van der Waals surface area contributed by atoms with Crippen LogP contribution in [0.2, 0.25) is 5.02 Å². The van der Waals surface area contributed by atoms with Gasteiger partial charge in [-0.2, -0.15) is 12.6 Å². The van der Waals surface area contributed by atoms with Crippen LogP contribution in [0.4, 0.5) is 0 Å². The van der Waals surface area contributed by atoms with Gasteiger partial charge in [-0.3, -0.25) is 9.69 Å². The lowest BCUT2D eigenvalue weighted by Crippen LogP contribution is -2.37. The number of esters is 1. The molecule has 4 aromatic rings. The Morgan fingerprint density at radius 3 is 2.45 bits per heavy atom. The van der Waals surface area contributed by atoms with Gasteiger partial charge >= 0.3 is 5.97 Å². The van der Waals surface area contributed by atoms with Gasteiger partial charge in [-0.25, -0.2) is 4.98 Å². The minimum absolute atomic E-state index is 0. The molecule has 0 amide bonds. The average Bonchev–Trinajstić information content (AvgIpc) is 3.84.